The van der Waals surface area contributed by atoms with Crippen molar-refractivity contribution in [2.45, 2.75) is 19.4 Å². The molecule has 0 radical (unpaired) electrons. The summed E-state index contributed by atoms with van der Waals surface area (Å²) >= 11 is 0. The Labute approximate surface area is 162 Å². The molecule has 2 amide bonds. The predicted octanol–water partition coefficient (Wildman–Crippen LogP) is 2.19. The van der Waals surface area contributed by atoms with Crippen LogP contribution in [0, 0.1) is 5.92 Å². The van der Waals surface area contributed by atoms with E-state index in [2.05, 4.69) is 20.4 Å². The summed E-state index contributed by atoms with van der Waals surface area (Å²) in [5.74, 6) is -0.520. The molecule has 1 aromatic heterocycles. The van der Waals surface area contributed by atoms with Gasteiger partial charge in [0.1, 0.15) is 0 Å². The van der Waals surface area contributed by atoms with E-state index in [0.29, 0.717) is 18.8 Å². The number of carbonyl (C=O) groups excluding carboxylic acids is 2. The van der Waals surface area contributed by atoms with Gasteiger partial charge in [0.05, 0.1) is 11.4 Å². The van der Waals surface area contributed by atoms with Gasteiger partial charge >= 0.3 is 0 Å². The third-order valence-electron chi connectivity index (χ3n) is 5.26. The third kappa shape index (κ3) is 3.69. The number of fused-ring (bicyclic) bond motifs is 1. The van der Waals surface area contributed by atoms with E-state index in [4.69, 9.17) is 5.73 Å². The number of amides is 2. The minimum atomic E-state index is -0.227. The molecule has 4 rings (SSSR count). The van der Waals surface area contributed by atoms with E-state index < -0.39 is 0 Å². The number of nitrogens with one attached hydrogen (secondary N) is 2. The fraction of sp³-hybridized carbons (Fsp3) is 0.286. The van der Waals surface area contributed by atoms with Gasteiger partial charge in [-0.05, 0) is 36.6 Å². The van der Waals surface area contributed by atoms with Crippen molar-refractivity contribution in [1.82, 2.24) is 15.5 Å². The number of H-pyrrole nitrogens is 1. The Balaban J connectivity index is 1.38. The smallest absolute Gasteiger partial charge is 0.272 e. The first-order valence-electron chi connectivity index (χ1n) is 9.46. The zero-order valence-corrected chi connectivity index (χ0v) is 15.5. The van der Waals surface area contributed by atoms with Crippen molar-refractivity contribution in [3.63, 3.8) is 0 Å². The van der Waals surface area contributed by atoms with Crippen LogP contribution in [0.2, 0.25) is 0 Å². The number of aromatic amines is 1. The van der Waals surface area contributed by atoms with E-state index in [1.807, 2.05) is 48.5 Å². The normalized spacial score (nSPS) is 16.9. The average Bonchev–Trinajstić information content (AvgIpc) is 3.17. The molecule has 144 valence electrons. The number of hydrogen-bond donors (Lipinski definition) is 3. The lowest BCUT2D eigenvalue weighted by molar-refractivity contribution is -0.122. The highest BCUT2D eigenvalue weighted by atomic mass is 16.2. The summed E-state index contributed by atoms with van der Waals surface area (Å²) in [6, 6.07) is 15.6. The van der Waals surface area contributed by atoms with Crippen LogP contribution in [0.4, 0.5) is 5.69 Å². The lowest BCUT2D eigenvalue weighted by Crippen LogP contribution is -2.41. The van der Waals surface area contributed by atoms with E-state index in [9.17, 15) is 9.59 Å². The molecule has 1 aliphatic rings. The van der Waals surface area contributed by atoms with Gasteiger partial charge in [-0.25, -0.2) is 0 Å². The van der Waals surface area contributed by atoms with Crippen molar-refractivity contribution < 1.29 is 9.59 Å². The van der Waals surface area contributed by atoms with Crippen LogP contribution in [0.25, 0.3) is 10.9 Å². The molecule has 1 aliphatic heterocycles. The second-order valence-electron chi connectivity index (χ2n) is 7.15. The monoisotopic (exact) mass is 377 g/mol. The molecule has 0 aliphatic carbocycles. The van der Waals surface area contributed by atoms with E-state index in [0.717, 1.165) is 41.5 Å². The van der Waals surface area contributed by atoms with Crippen molar-refractivity contribution in [2.24, 2.45) is 11.7 Å². The fourth-order valence-electron chi connectivity index (χ4n) is 3.67. The molecule has 1 saturated heterocycles. The zero-order chi connectivity index (χ0) is 19.5. The van der Waals surface area contributed by atoms with Crippen LogP contribution in [-0.2, 0) is 11.3 Å². The van der Waals surface area contributed by atoms with Gasteiger partial charge in [-0.1, -0.05) is 30.3 Å². The largest absolute Gasteiger partial charge is 0.371 e. The quantitative estimate of drug-likeness (QED) is 0.634. The molecule has 28 heavy (non-hydrogen) atoms. The number of nitrogens with two attached hydrogens (primary N) is 1. The van der Waals surface area contributed by atoms with E-state index in [1.54, 1.807) is 0 Å². The lowest BCUT2D eigenvalue weighted by atomic mass is 9.97. The molecule has 7 nitrogen and oxygen atoms in total. The number of primary amides is 1. The van der Waals surface area contributed by atoms with Gasteiger partial charge in [0.2, 0.25) is 5.91 Å². The van der Waals surface area contributed by atoms with Gasteiger partial charge in [-0.2, -0.15) is 5.10 Å². The Morgan fingerprint density at radius 1 is 1.18 bits per heavy atom. The summed E-state index contributed by atoms with van der Waals surface area (Å²) in [5, 5.41) is 10.7. The second kappa shape index (κ2) is 7.72. The van der Waals surface area contributed by atoms with Crippen molar-refractivity contribution in [3.8, 4) is 0 Å². The Hall–Kier alpha value is -3.35. The minimum Gasteiger partial charge on any atom is -0.371 e. The molecule has 0 bridgehead atoms. The Morgan fingerprint density at radius 3 is 2.75 bits per heavy atom. The molecule has 0 spiro atoms. The summed E-state index contributed by atoms with van der Waals surface area (Å²) in [4.78, 5) is 26.1. The van der Waals surface area contributed by atoms with E-state index in [-0.39, 0.29) is 17.7 Å². The van der Waals surface area contributed by atoms with Crippen LogP contribution in [0.1, 0.15) is 28.9 Å². The van der Waals surface area contributed by atoms with E-state index in [1.165, 1.54) is 0 Å². The fourth-order valence-corrected chi connectivity index (χ4v) is 3.67. The molecule has 1 unspecified atom stereocenters. The Kier molecular flexibility index (Phi) is 4.97. The van der Waals surface area contributed by atoms with Crippen molar-refractivity contribution in [2.75, 3.05) is 18.0 Å². The van der Waals surface area contributed by atoms with Gasteiger partial charge < -0.3 is 16.0 Å². The Bertz CT molecular complexity index is 995. The lowest BCUT2D eigenvalue weighted by Gasteiger charge is -2.33. The van der Waals surface area contributed by atoms with E-state index >= 15 is 0 Å². The second-order valence-corrected chi connectivity index (χ2v) is 7.15. The SMILES string of the molecule is NC(=O)C1CCCN(c2ccc(CNC(=O)c3n[nH]c4ccccc34)cc2)C1. The number of hydrogen-bond acceptors (Lipinski definition) is 4. The molecule has 1 fully saturated rings. The first-order chi connectivity index (χ1) is 13.6. The van der Waals surface area contributed by atoms with Crippen LogP contribution in [-0.4, -0.2) is 35.1 Å². The minimum absolute atomic E-state index is 0.0867. The zero-order valence-electron chi connectivity index (χ0n) is 15.5. The number of aromatic nitrogens is 2. The number of piperidine rings is 1. The molecule has 2 heterocycles. The van der Waals surface area contributed by atoms with Crippen molar-refractivity contribution in [1.29, 1.82) is 0 Å². The first-order valence-corrected chi connectivity index (χ1v) is 9.46. The van der Waals surface area contributed by atoms with Crippen molar-refractivity contribution >= 4 is 28.4 Å². The molecule has 2 aromatic carbocycles. The maximum Gasteiger partial charge on any atom is 0.272 e. The first kappa shape index (κ1) is 18.0. The maximum absolute atomic E-state index is 12.5. The van der Waals surface area contributed by atoms with Gasteiger partial charge in [0.25, 0.3) is 5.91 Å². The number of para-hydroxylation sites is 1. The average molecular weight is 377 g/mol. The highest BCUT2D eigenvalue weighted by Gasteiger charge is 2.24. The Morgan fingerprint density at radius 2 is 1.96 bits per heavy atom. The van der Waals surface area contributed by atoms with Gasteiger partial charge in [0.15, 0.2) is 5.69 Å². The molecule has 1 atom stereocenters. The summed E-state index contributed by atoms with van der Waals surface area (Å²) in [6.07, 6.45) is 1.82. The number of benzene rings is 2. The summed E-state index contributed by atoms with van der Waals surface area (Å²) in [5.41, 5.74) is 8.77. The van der Waals surface area contributed by atoms with Crippen LogP contribution < -0.4 is 16.0 Å². The number of anilines is 1. The van der Waals surface area contributed by atoms with Crippen LogP contribution in [0.15, 0.2) is 48.5 Å². The highest BCUT2D eigenvalue weighted by Crippen LogP contribution is 2.23. The highest BCUT2D eigenvalue weighted by molar-refractivity contribution is 6.04. The predicted molar refractivity (Wildman–Crippen MR) is 108 cm³/mol. The molecular weight excluding hydrogens is 354 g/mol. The van der Waals surface area contributed by atoms with Gasteiger partial charge in [0, 0.05) is 30.7 Å². The van der Waals surface area contributed by atoms with Gasteiger partial charge in [-0.15, -0.1) is 0 Å². The van der Waals surface area contributed by atoms with Gasteiger partial charge in [-0.3, -0.25) is 14.7 Å². The van der Waals surface area contributed by atoms with Crippen LogP contribution in [0.5, 0.6) is 0 Å². The number of nitrogens with zero attached hydrogens (tertiary/aromatic N) is 2. The molecular formula is C21H23N5O2. The van der Waals surface area contributed by atoms with Crippen LogP contribution in [0.3, 0.4) is 0 Å². The molecule has 4 N–H and O–H groups in total. The third-order valence-corrected chi connectivity index (χ3v) is 5.26. The topological polar surface area (TPSA) is 104 Å². The molecule has 0 saturated carbocycles. The van der Waals surface area contributed by atoms with Crippen LogP contribution >= 0.6 is 0 Å². The maximum atomic E-state index is 12.5. The number of carbonyl (C=O) groups is 2. The standard InChI is InChI=1S/C21H23N5O2/c22-20(27)15-4-3-11-26(13-15)16-9-7-14(8-10-16)12-23-21(28)19-17-5-1-2-6-18(17)24-25-19/h1-2,5-10,15H,3-4,11-13H2,(H2,22,27)(H,23,28)(H,24,25). The number of rotatable bonds is 5. The molecule has 3 aromatic rings. The summed E-state index contributed by atoms with van der Waals surface area (Å²) in [6.45, 7) is 2.01. The molecule has 7 heteroatoms. The summed E-state index contributed by atoms with van der Waals surface area (Å²) in [7, 11) is 0. The summed E-state index contributed by atoms with van der Waals surface area (Å²) < 4.78 is 0. The van der Waals surface area contributed by atoms with Crippen molar-refractivity contribution in [3.05, 3.63) is 59.8 Å².